The van der Waals surface area contributed by atoms with Crippen molar-refractivity contribution in [2.75, 3.05) is 0 Å². The van der Waals surface area contributed by atoms with Crippen molar-refractivity contribution in [3.63, 3.8) is 0 Å². The molecule has 8 atom stereocenters. The van der Waals surface area contributed by atoms with Crippen LogP contribution in [-0.4, -0.2) is 6.45 Å². The summed E-state index contributed by atoms with van der Waals surface area (Å²) in [6, 6.07) is 0. The molecule has 10 aliphatic heterocycles. The molecule has 0 aromatic carbocycles. The molecule has 0 nitrogen and oxygen atoms in total. The van der Waals surface area contributed by atoms with Crippen LogP contribution in [0, 0.1) is 0 Å². The molecule has 1 spiro atoms. The first-order valence-corrected chi connectivity index (χ1v) is 14.3. The Morgan fingerprint density at radius 3 is 1.47 bits per heavy atom. The van der Waals surface area contributed by atoms with E-state index in [0.717, 1.165) is 0 Å². The number of hydrogen-bond acceptors (Lipinski definition) is 0. The van der Waals surface area contributed by atoms with Gasteiger partial charge in [0, 0.05) is 0 Å². The monoisotopic (exact) mass is 394 g/mol. The Balaban J connectivity index is 1.91. The zero-order valence-corrected chi connectivity index (χ0v) is 13.4. The van der Waals surface area contributed by atoms with Gasteiger partial charge >= 0.3 is 108 Å². The molecule has 0 radical (unpaired) electrons. The summed E-state index contributed by atoms with van der Waals surface area (Å²) in [5.74, 6) is 0. The Labute approximate surface area is 107 Å². The van der Waals surface area contributed by atoms with Crippen LogP contribution in [0.2, 0.25) is 37.5 Å². The van der Waals surface area contributed by atoms with Gasteiger partial charge in [0.05, 0.1) is 0 Å². The van der Waals surface area contributed by atoms with E-state index in [0.29, 0.717) is 15.1 Å². The number of alkyl halides is 2. The van der Waals surface area contributed by atoms with Crippen LogP contribution in [0.5, 0.6) is 0 Å². The summed E-state index contributed by atoms with van der Waals surface area (Å²) in [7, 11) is 0. The van der Waals surface area contributed by atoms with Gasteiger partial charge < -0.3 is 0 Å². The van der Waals surface area contributed by atoms with Crippen molar-refractivity contribution >= 4 is 31.9 Å². The number of allylic oxidation sites excluding steroid dienone is 2. The van der Waals surface area contributed by atoms with Crippen LogP contribution in [0.4, 0.5) is 0 Å². The van der Waals surface area contributed by atoms with Gasteiger partial charge in [0.2, 0.25) is 0 Å². The molecule has 0 bridgehead atoms. The van der Waals surface area contributed by atoms with Crippen molar-refractivity contribution in [2.45, 2.75) is 44.0 Å². The van der Waals surface area contributed by atoms with E-state index < -0.39 is 6.51 Å². The maximum absolute atomic E-state index is 4.43. The Hall–Kier alpha value is 0.959. The fourth-order valence-electron chi connectivity index (χ4n) is 18.1. The van der Waals surface area contributed by atoms with Crippen molar-refractivity contribution in [1.82, 2.24) is 0 Å². The van der Waals surface area contributed by atoms with Crippen LogP contribution in [0.3, 0.4) is 0 Å². The van der Waals surface area contributed by atoms with E-state index in [2.05, 4.69) is 57.2 Å². The first kappa shape index (κ1) is 7.11. The quantitative estimate of drug-likeness (QED) is 0.347. The molecule has 8 unspecified atom stereocenters. The summed E-state index contributed by atoms with van der Waals surface area (Å²) in [4.78, 5) is 7.18. The van der Waals surface area contributed by atoms with E-state index in [1.54, 1.807) is 0 Å². The third-order valence-corrected chi connectivity index (χ3v) is 73.6. The maximum atomic E-state index is 4.43. The van der Waals surface area contributed by atoms with E-state index in [1.165, 1.54) is 28.9 Å². The van der Waals surface area contributed by atoms with Gasteiger partial charge in [-0.15, -0.1) is 0 Å². The average Bonchev–Trinajstić information content (AvgIpc) is 3.26. The third-order valence-electron chi connectivity index (χ3n) is 15.6. The van der Waals surface area contributed by atoms with E-state index >= 15 is 0 Å². The van der Waals surface area contributed by atoms with E-state index in [4.69, 9.17) is 0 Å². The normalized spacial score (nSPS) is 132. The van der Waals surface area contributed by atoms with Crippen molar-refractivity contribution < 1.29 is 6.51 Å². The molecule has 10 heterocycles. The van der Waals surface area contributed by atoms with E-state index in [-0.39, 0.29) is 0 Å². The molecule has 17 heavy (non-hydrogen) atoms. The molecule has 0 aromatic heterocycles. The van der Waals surface area contributed by atoms with Crippen LogP contribution in [0.1, 0.15) is 0 Å². The van der Waals surface area contributed by atoms with Gasteiger partial charge in [-0.05, 0) is 0 Å². The minimum atomic E-state index is -3.46. The van der Waals surface area contributed by atoms with Crippen LogP contribution in [0.25, 0.3) is 0 Å². The number of hydrogen-bond donors (Lipinski definition) is 0. The molecule has 0 aliphatic carbocycles. The van der Waals surface area contributed by atoms with Crippen LogP contribution >= 0.6 is 31.9 Å². The van der Waals surface area contributed by atoms with Crippen molar-refractivity contribution in [3.8, 4) is 0 Å². The molecule has 10 aliphatic rings. The van der Waals surface area contributed by atoms with Crippen LogP contribution in [0.15, 0.2) is 25.3 Å². The zero-order chi connectivity index (χ0) is 11.2. The van der Waals surface area contributed by atoms with Gasteiger partial charge in [0.25, 0.3) is 0 Å². The summed E-state index contributed by atoms with van der Waals surface area (Å²) in [6.45, 7) is 5.23. The Kier molecular flexibility index (Phi) is 0.223. The standard InChI is InChI=1S/C9H8Br.C5H4Br.Fe/c1-3-7-5-6-8(4-2)9(7)10;6-5-3-1-2-4-5;/h3-6H,1-2H2;1-4H;. The molecule has 3 heteroatoms. The number of rotatable bonds is 2. The summed E-state index contributed by atoms with van der Waals surface area (Å²) >= 11 is 8.82. The molecule has 10 rings (SSSR count). The van der Waals surface area contributed by atoms with E-state index in [1.807, 2.05) is 0 Å². The van der Waals surface area contributed by atoms with Crippen molar-refractivity contribution in [3.05, 3.63) is 25.3 Å². The first-order chi connectivity index (χ1) is 7.84. The molecular weight excluding hydrogens is 384 g/mol. The summed E-state index contributed by atoms with van der Waals surface area (Å²) in [5, 5.41) is 0. The molecule has 0 aromatic rings. The second kappa shape index (κ2) is 0.534. The zero-order valence-electron chi connectivity index (χ0n) is 9.14. The summed E-state index contributed by atoms with van der Waals surface area (Å²) in [5.41, 5.74) is 0. The molecule has 10 saturated heterocycles. The summed E-state index contributed by atoms with van der Waals surface area (Å²) in [6.07, 6.45) is 4.96. The number of fused-ring (bicyclic) bond motifs is 10. The molecule has 10 fully saturated rings. The Morgan fingerprint density at radius 2 is 1.35 bits per heavy atom. The van der Waals surface area contributed by atoms with Gasteiger partial charge in [0.15, 0.2) is 0 Å². The predicted molar refractivity (Wildman–Crippen MR) is 71.6 cm³/mol. The first-order valence-electron chi connectivity index (χ1n) is 6.69. The topological polar surface area (TPSA) is 0 Å². The molecular formula is C14H12Br2Fe. The molecule has 0 amide bonds. The molecule has 90 valence electrons. The Bertz CT molecular complexity index is 1120. The predicted octanol–water partition coefficient (Wildman–Crippen LogP) is 5.09. The average molecular weight is 396 g/mol. The second-order valence-corrected chi connectivity index (χ2v) is 36.8. The molecule has 0 saturated carbocycles. The van der Waals surface area contributed by atoms with Crippen molar-refractivity contribution in [2.24, 2.45) is 0 Å². The minimum absolute atomic E-state index is 0.578. The van der Waals surface area contributed by atoms with Gasteiger partial charge in [-0.1, -0.05) is 0 Å². The van der Waals surface area contributed by atoms with E-state index in [9.17, 15) is 0 Å². The molecule has 0 N–H and O–H groups in total. The van der Waals surface area contributed by atoms with Crippen LogP contribution in [-0.2, 0) is 6.51 Å². The van der Waals surface area contributed by atoms with Crippen LogP contribution < -0.4 is 0 Å². The van der Waals surface area contributed by atoms with Gasteiger partial charge in [-0.3, -0.25) is 0 Å². The SMILES string of the molecule is C=C[C]12[CH]3[CH]4[C]5(C=C)[C]1(Br)[Fe]34251678[CH]2[CH]1[CH]6[C]7(Br)[CH]28. The third kappa shape index (κ3) is 0.0557. The van der Waals surface area contributed by atoms with Gasteiger partial charge in [-0.2, -0.15) is 0 Å². The Morgan fingerprint density at radius 1 is 0.882 bits per heavy atom. The number of halogens is 2. The fraction of sp³-hybridized carbons (Fsp3) is 0.714. The van der Waals surface area contributed by atoms with Crippen molar-refractivity contribution in [1.29, 1.82) is 0 Å². The van der Waals surface area contributed by atoms with Gasteiger partial charge in [-0.25, -0.2) is 0 Å². The van der Waals surface area contributed by atoms with Gasteiger partial charge in [0.1, 0.15) is 0 Å². The second-order valence-electron chi connectivity index (χ2n) is 10.3. The summed E-state index contributed by atoms with van der Waals surface area (Å²) < 4.78 is 2.61. The fourth-order valence-corrected chi connectivity index (χ4v) is 121.